The number of rotatable bonds is 5. The monoisotopic (exact) mass is 309 g/mol. The molecule has 1 aliphatic carbocycles. The second-order valence-electron chi connectivity index (χ2n) is 6.15. The molecule has 2 heterocycles. The Morgan fingerprint density at radius 3 is 2.62 bits per heavy atom. The van der Waals surface area contributed by atoms with Crippen molar-refractivity contribution in [3.63, 3.8) is 0 Å². The first-order valence-corrected chi connectivity index (χ1v) is 8.70. The van der Waals surface area contributed by atoms with E-state index in [2.05, 4.69) is 10.2 Å². The third-order valence-electron chi connectivity index (χ3n) is 4.50. The van der Waals surface area contributed by atoms with Crippen molar-refractivity contribution in [2.24, 2.45) is 0 Å². The molecule has 21 heavy (non-hydrogen) atoms. The molecule has 1 amide bonds. The molecule has 1 aliphatic heterocycles. The maximum absolute atomic E-state index is 12.0. The number of aromatic nitrogens is 1. The normalized spacial score (nSPS) is 20.6. The van der Waals surface area contributed by atoms with Gasteiger partial charge in [0.15, 0.2) is 0 Å². The van der Waals surface area contributed by atoms with Crippen molar-refractivity contribution in [2.45, 2.75) is 57.7 Å². The number of hydrogen-bond donors (Lipinski definition) is 1. The summed E-state index contributed by atoms with van der Waals surface area (Å²) in [7, 11) is 0. The van der Waals surface area contributed by atoms with E-state index in [0.717, 1.165) is 37.7 Å². The van der Waals surface area contributed by atoms with E-state index in [1.807, 2.05) is 12.3 Å². The summed E-state index contributed by atoms with van der Waals surface area (Å²) in [6.45, 7) is 4.61. The van der Waals surface area contributed by atoms with Crippen LogP contribution in [0.3, 0.4) is 0 Å². The number of aryl methyl sites for hydroxylation is 1. The van der Waals surface area contributed by atoms with Crippen LogP contribution in [0.25, 0.3) is 0 Å². The lowest BCUT2D eigenvalue weighted by molar-refractivity contribution is -0.122. The van der Waals surface area contributed by atoms with E-state index in [9.17, 15) is 9.59 Å². The predicted octanol–water partition coefficient (Wildman–Crippen LogP) is 1.35. The van der Waals surface area contributed by atoms with Crippen molar-refractivity contribution in [3.8, 4) is 0 Å². The number of thiazole rings is 1. The zero-order chi connectivity index (χ0) is 14.8. The molecule has 0 radical (unpaired) electrons. The smallest absolute Gasteiger partial charge is 0.307 e. The van der Waals surface area contributed by atoms with Crippen molar-refractivity contribution in [1.82, 2.24) is 14.8 Å². The lowest BCUT2D eigenvalue weighted by atomic mass is 10.0. The summed E-state index contributed by atoms with van der Waals surface area (Å²) in [6, 6.07) is 1.14. The molecule has 3 rings (SSSR count). The summed E-state index contributed by atoms with van der Waals surface area (Å²) in [5.41, 5.74) is 0.940. The van der Waals surface area contributed by atoms with Crippen molar-refractivity contribution >= 4 is 17.2 Å². The largest absolute Gasteiger partial charge is 0.353 e. The van der Waals surface area contributed by atoms with Crippen LogP contribution in [0.15, 0.2) is 10.2 Å². The molecule has 2 aliphatic rings. The molecule has 116 valence electrons. The Hall–Kier alpha value is -1.14. The minimum absolute atomic E-state index is 0.0260. The number of nitrogens with one attached hydrogen (secondary N) is 1. The summed E-state index contributed by atoms with van der Waals surface area (Å²) in [5.74, 6) is 0.0670. The highest BCUT2D eigenvalue weighted by atomic mass is 32.1. The van der Waals surface area contributed by atoms with Gasteiger partial charge in [-0.15, -0.1) is 0 Å². The lowest BCUT2D eigenvalue weighted by Gasteiger charge is -2.32. The van der Waals surface area contributed by atoms with Gasteiger partial charge in [-0.1, -0.05) is 11.3 Å². The van der Waals surface area contributed by atoms with Gasteiger partial charge in [-0.05, 0) is 32.6 Å². The van der Waals surface area contributed by atoms with Crippen LogP contribution < -0.4 is 10.2 Å². The first kappa shape index (κ1) is 14.8. The number of nitrogens with zero attached hydrogens (tertiary/aromatic N) is 2. The molecular weight excluding hydrogens is 286 g/mol. The highest BCUT2D eigenvalue weighted by molar-refractivity contribution is 7.07. The number of amides is 1. The number of carbonyl (C=O) groups excluding carboxylic acids is 1. The van der Waals surface area contributed by atoms with Crippen LogP contribution >= 0.6 is 11.3 Å². The summed E-state index contributed by atoms with van der Waals surface area (Å²) < 4.78 is 1.68. The average Bonchev–Trinajstić information content (AvgIpc) is 3.26. The fourth-order valence-electron chi connectivity index (χ4n) is 3.04. The molecule has 1 aromatic heterocycles. The highest BCUT2D eigenvalue weighted by Gasteiger charge is 2.31. The molecule has 0 aromatic carbocycles. The van der Waals surface area contributed by atoms with Gasteiger partial charge < -0.3 is 14.8 Å². The molecule has 5 nitrogen and oxygen atoms in total. The van der Waals surface area contributed by atoms with Gasteiger partial charge in [0.25, 0.3) is 0 Å². The molecule has 6 heteroatoms. The Kier molecular flexibility index (Phi) is 4.45. The Morgan fingerprint density at radius 1 is 1.33 bits per heavy atom. The molecule has 1 N–H and O–H groups in total. The van der Waals surface area contributed by atoms with Gasteiger partial charge in [-0.25, -0.2) is 0 Å². The number of carbonyl (C=O) groups is 1. The van der Waals surface area contributed by atoms with Gasteiger partial charge in [0.1, 0.15) is 0 Å². The van der Waals surface area contributed by atoms with Crippen LogP contribution in [0.5, 0.6) is 0 Å². The molecule has 0 atom stereocenters. The molecule has 2 fully saturated rings. The molecule has 0 unspecified atom stereocenters. The average molecular weight is 309 g/mol. The van der Waals surface area contributed by atoms with E-state index >= 15 is 0 Å². The quantitative estimate of drug-likeness (QED) is 0.893. The van der Waals surface area contributed by atoms with Gasteiger partial charge >= 0.3 is 4.87 Å². The lowest BCUT2D eigenvalue weighted by Crippen LogP contribution is -2.45. The summed E-state index contributed by atoms with van der Waals surface area (Å²) in [6.07, 6.45) is 5.21. The van der Waals surface area contributed by atoms with Gasteiger partial charge in [0.05, 0.1) is 0 Å². The van der Waals surface area contributed by atoms with E-state index in [1.54, 1.807) is 4.57 Å². The fraction of sp³-hybridized carbons (Fsp3) is 0.733. The maximum atomic E-state index is 12.0. The van der Waals surface area contributed by atoms with Crippen LogP contribution in [-0.2, 0) is 11.3 Å². The highest BCUT2D eigenvalue weighted by Crippen LogP contribution is 2.29. The minimum atomic E-state index is 0.0260. The molecular formula is C15H23N3O2S. The first-order valence-electron chi connectivity index (χ1n) is 7.82. The van der Waals surface area contributed by atoms with E-state index < -0.39 is 0 Å². The van der Waals surface area contributed by atoms with Crippen LogP contribution in [0.4, 0.5) is 0 Å². The van der Waals surface area contributed by atoms with E-state index in [4.69, 9.17) is 0 Å². The van der Waals surface area contributed by atoms with Gasteiger partial charge in [0.2, 0.25) is 5.91 Å². The first-order chi connectivity index (χ1) is 10.1. The van der Waals surface area contributed by atoms with E-state index in [0.29, 0.717) is 19.0 Å². The van der Waals surface area contributed by atoms with E-state index in [1.165, 1.54) is 24.2 Å². The summed E-state index contributed by atoms with van der Waals surface area (Å²) in [4.78, 5) is 26.2. The van der Waals surface area contributed by atoms with Crippen molar-refractivity contribution in [2.75, 3.05) is 13.1 Å². The topological polar surface area (TPSA) is 54.3 Å². The van der Waals surface area contributed by atoms with Gasteiger partial charge in [-0.2, -0.15) is 0 Å². The van der Waals surface area contributed by atoms with Gasteiger partial charge in [-0.3, -0.25) is 9.59 Å². The van der Waals surface area contributed by atoms with Crippen molar-refractivity contribution in [3.05, 3.63) is 20.7 Å². The van der Waals surface area contributed by atoms with Crippen molar-refractivity contribution in [1.29, 1.82) is 0 Å². The Morgan fingerprint density at radius 2 is 2.05 bits per heavy atom. The molecule has 0 bridgehead atoms. The third kappa shape index (κ3) is 3.74. The second-order valence-corrected chi connectivity index (χ2v) is 6.97. The number of likely N-dealkylation sites (tertiary alicyclic amines) is 1. The minimum Gasteiger partial charge on any atom is -0.353 e. The second kappa shape index (κ2) is 6.32. The predicted molar refractivity (Wildman–Crippen MR) is 83.7 cm³/mol. The summed E-state index contributed by atoms with van der Waals surface area (Å²) in [5, 5.41) is 4.96. The summed E-state index contributed by atoms with van der Waals surface area (Å²) >= 11 is 1.20. The van der Waals surface area contributed by atoms with Crippen LogP contribution in [-0.4, -0.2) is 40.5 Å². The Balaban J connectivity index is 1.41. The number of piperidine rings is 1. The van der Waals surface area contributed by atoms with Crippen LogP contribution in [0.2, 0.25) is 0 Å². The zero-order valence-electron chi connectivity index (χ0n) is 12.5. The molecule has 1 saturated heterocycles. The van der Waals surface area contributed by atoms with Crippen LogP contribution in [0.1, 0.15) is 37.8 Å². The SMILES string of the molecule is Cc1csc(=O)n1CCC(=O)NC1CCN(C2CC2)CC1. The molecule has 0 spiro atoms. The van der Waals surface area contributed by atoms with E-state index in [-0.39, 0.29) is 10.8 Å². The van der Waals surface area contributed by atoms with Gasteiger partial charge in [0, 0.05) is 49.2 Å². The molecule has 1 aromatic rings. The standard InChI is InChI=1S/C15H23N3O2S/c1-11-10-21-15(20)18(11)9-6-14(19)16-12-4-7-17(8-5-12)13-2-3-13/h10,12-13H,2-9H2,1H3,(H,16,19). The van der Waals surface area contributed by atoms with Crippen LogP contribution in [0, 0.1) is 6.92 Å². The zero-order valence-corrected chi connectivity index (χ0v) is 13.3. The van der Waals surface area contributed by atoms with Crippen molar-refractivity contribution < 1.29 is 4.79 Å². The number of hydrogen-bond acceptors (Lipinski definition) is 4. The molecule has 1 saturated carbocycles. The fourth-order valence-corrected chi connectivity index (χ4v) is 3.80. The Labute approximate surface area is 129 Å². The maximum Gasteiger partial charge on any atom is 0.307 e. The third-order valence-corrected chi connectivity index (χ3v) is 5.38. The Bertz CT molecular complexity index is 554.